The lowest BCUT2D eigenvalue weighted by molar-refractivity contribution is -0.122. The molecule has 1 fully saturated rings. The molecule has 1 aromatic carbocycles. The Balaban J connectivity index is 1.62. The second kappa shape index (κ2) is 7.13. The van der Waals surface area contributed by atoms with Crippen molar-refractivity contribution in [1.29, 1.82) is 0 Å². The summed E-state index contributed by atoms with van der Waals surface area (Å²) in [5, 5.41) is 13.1. The van der Waals surface area contributed by atoms with Crippen molar-refractivity contribution >= 4 is 16.8 Å². The van der Waals surface area contributed by atoms with Crippen LogP contribution in [-0.2, 0) is 11.3 Å². The number of hydrogen-bond acceptors (Lipinski definition) is 4. The number of amides is 1. The van der Waals surface area contributed by atoms with E-state index in [0.29, 0.717) is 17.4 Å². The average molecular weight is 329 g/mol. The van der Waals surface area contributed by atoms with Gasteiger partial charge in [0.2, 0.25) is 5.91 Å². The van der Waals surface area contributed by atoms with Crippen LogP contribution in [0.2, 0.25) is 0 Å². The van der Waals surface area contributed by atoms with Gasteiger partial charge in [0.05, 0.1) is 23.3 Å². The number of nitrogens with zero attached hydrogens (tertiary/aromatic N) is 2. The number of aliphatic hydroxyl groups excluding tert-OH is 1. The lowest BCUT2D eigenvalue weighted by Gasteiger charge is -2.26. The van der Waals surface area contributed by atoms with E-state index in [0.717, 1.165) is 31.2 Å². The number of fused-ring (bicyclic) bond motifs is 1. The number of para-hydroxylation sites is 1. The summed E-state index contributed by atoms with van der Waals surface area (Å²) >= 11 is 0. The van der Waals surface area contributed by atoms with Gasteiger partial charge in [0.1, 0.15) is 0 Å². The highest BCUT2D eigenvalue weighted by molar-refractivity contribution is 5.80. The quantitative estimate of drug-likeness (QED) is 0.890. The lowest BCUT2D eigenvalue weighted by Crippen LogP contribution is -2.39. The van der Waals surface area contributed by atoms with Crippen LogP contribution in [-0.4, -0.2) is 32.7 Å². The molecular formula is C18H23N3O3. The third-order valence-electron chi connectivity index (χ3n) is 4.70. The van der Waals surface area contributed by atoms with E-state index in [9.17, 15) is 14.7 Å². The van der Waals surface area contributed by atoms with E-state index in [1.807, 2.05) is 19.1 Å². The van der Waals surface area contributed by atoms with Gasteiger partial charge in [0, 0.05) is 19.0 Å². The molecule has 0 unspecified atom stereocenters. The molecule has 1 saturated carbocycles. The van der Waals surface area contributed by atoms with Crippen molar-refractivity contribution in [3.8, 4) is 0 Å². The number of hydrogen-bond donors (Lipinski definition) is 2. The molecule has 1 aliphatic carbocycles. The van der Waals surface area contributed by atoms with E-state index >= 15 is 0 Å². The second-order valence-corrected chi connectivity index (χ2v) is 6.54. The summed E-state index contributed by atoms with van der Waals surface area (Å²) in [5.41, 5.74) is 1.57. The molecule has 0 saturated heterocycles. The maximum atomic E-state index is 12.5. The summed E-state index contributed by atoms with van der Waals surface area (Å²) in [6.45, 7) is 2.24. The molecule has 128 valence electrons. The highest BCUT2D eigenvalue weighted by atomic mass is 16.3. The Morgan fingerprint density at radius 2 is 2.08 bits per heavy atom. The van der Waals surface area contributed by atoms with E-state index in [1.165, 1.54) is 10.9 Å². The number of nitrogens with one attached hydrogen (secondary N) is 1. The number of rotatable bonds is 4. The number of aliphatic hydroxyl groups is 1. The summed E-state index contributed by atoms with van der Waals surface area (Å²) in [7, 11) is 0. The predicted molar refractivity (Wildman–Crippen MR) is 91.8 cm³/mol. The van der Waals surface area contributed by atoms with Crippen LogP contribution in [0.1, 0.15) is 37.7 Å². The number of benzene rings is 1. The van der Waals surface area contributed by atoms with Crippen LogP contribution in [0.3, 0.4) is 0 Å². The second-order valence-electron chi connectivity index (χ2n) is 6.54. The zero-order valence-electron chi connectivity index (χ0n) is 13.9. The van der Waals surface area contributed by atoms with Crippen LogP contribution in [0.5, 0.6) is 0 Å². The third kappa shape index (κ3) is 3.64. The molecule has 24 heavy (non-hydrogen) atoms. The van der Waals surface area contributed by atoms with Gasteiger partial charge < -0.3 is 10.4 Å². The molecule has 1 heterocycles. The first-order valence-electron chi connectivity index (χ1n) is 8.47. The average Bonchev–Trinajstić information content (AvgIpc) is 2.57. The van der Waals surface area contributed by atoms with Gasteiger partial charge in [-0.15, -0.1) is 0 Å². The molecule has 1 aromatic heterocycles. The molecule has 1 aliphatic rings. The third-order valence-corrected chi connectivity index (χ3v) is 4.70. The van der Waals surface area contributed by atoms with Gasteiger partial charge in [-0.1, -0.05) is 12.1 Å². The van der Waals surface area contributed by atoms with Crippen molar-refractivity contribution in [3.63, 3.8) is 0 Å². The van der Waals surface area contributed by atoms with Crippen molar-refractivity contribution in [1.82, 2.24) is 14.9 Å². The van der Waals surface area contributed by atoms with Crippen LogP contribution >= 0.6 is 0 Å². The highest BCUT2D eigenvalue weighted by Gasteiger charge is 2.20. The van der Waals surface area contributed by atoms with Gasteiger partial charge in [0.15, 0.2) is 0 Å². The number of carbonyl (C=O) groups excluding carboxylic acids is 1. The maximum absolute atomic E-state index is 12.5. The minimum Gasteiger partial charge on any atom is -0.393 e. The number of carbonyl (C=O) groups is 1. The molecule has 0 bridgehead atoms. The van der Waals surface area contributed by atoms with Gasteiger partial charge in [-0.3, -0.25) is 14.2 Å². The van der Waals surface area contributed by atoms with Crippen LogP contribution in [0.25, 0.3) is 10.9 Å². The topological polar surface area (TPSA) is 84.2 Å². The van der Waals surface area contributed by atoms with E-state index in [1.54, 1.807) is 6.07 Å². The first-order valence-corrected chi connectivity index (χ1v) is 8.47. The van der Waals surface area contributed by atoms with Crippen molar-refractivity contribution in [3.05, 3.63) is 40.4 Å². The van der Waals surface area contributed by atoms with E-state index < -0.39 is 0 Å². The number of aryl methyl sites for hydroxylation is 2. The van der Waals surface area contributed by atoms with E-state index in [-0.39, 0.29) is 30.0 Å². The summed E-state index contributed by atoms with van der Waals surface area (Å²) in [6, 6.07) is 5.67. The standard InChI is InChI=1S/C18H23N3O3/c1-12-3-2-4-15-17(12)19-11-21(18(15)24)10-9-16(23)20-13-5-7-14(22)8-6-13/h2-4,11,13-14,22H,5-10H2,1H3,(H,20,23). The Labute approximate surface area is 140 Å². The molecule has 1 amide bonds. The molecule has 0 radical (unpaired) electrons. The predicted octanol–water partition coefficient (Wildman–Crippen LogP) is 1.51. The number of aromatic nitrogens is 2. The highest BCUT2D eigenvalue weighted by Crippen LogP contribution is 2.18. The summed E-state index contributed by atoms with van der Waals surface area (Å²) in [5.74, 6) is -0.0624. The SMILES string of the molecule is Cc1cccc2c(=O)n(CCC(=O)NC3CCC(O)CC3)cnc12. The Kier molecular flexibility index (Phi) is 4.94. The van der Waals surface area contributed by atoms with Gasteiger partial charge in [-0.05, 0) is 44.2 Å². The van der Waals surface area contributed by atoms with Crippen LogP contribution in [0.15, 0.2) is 29.3 Å². The van der Waals surface area contributed by atoms with E-state index in [4.69, 9.17) is 0 Å². The Morgan fingerprint density at radius 3 is 2.83 bits per heavy atom. The molecule has 0 spiro atoms. The van der Waals surface area contributed by atoms with Gasteiger partial charge in [-0.25, -0.2) is 4.98 Å². The molecule has 0 atom stereocenters. The fourth-order valence-corrected chi connectivity index (χ4v) is 3.24. The molecule has 0 aliphatic heterocycles. The molecule has 6 heteroatoms. The largest absolute Gasteiger partial charge is 0.393 e. The van der Waals surface area contributed by atoms with Crippen molar-refractivity contribution in [2.75, 3.05) is 0 Å². The summed E-state index contributed by atoms with van der Waals surface area (Å²) in [6.07, 6.45) is 4.62. The van der Waals surface area contributed by atoms with Crippen LogP contribution in [0, 0.1) is 6.92 Å². The molecule has 2 N–H and O–H groups in total. The summed E-state index contributed by atoms with van der Waals surface area (Å²) < 4.78 is 1.49. The van der Waals surface area contributed by atoms with Crippen LogP contribution in [0.4, 0.5) is 0 Å². The first-order chi connectivity index (χ1) is 11.5. The molecule has 2 aromatic rings. The fourth-order valence-electron chi connectivity index (χ4n) is 3.24. The van der Waals surface area contributed by atoms with Gasteiger partial charge in [0.25, 0.3) is 5.56 Å². The van der Waals surface area contributed by atoms with E-state index in [2.05, 4.69) is 10.3 Å². The zero-order valence-corrected chi connectivity index (χ0v) is 13.9. The molecule has 6 nitrogen and oxygen atoms in total. The minimum absolute atomic E-state index is 0.0624. The first kappa shape index (κ1) is 16.6. The summed E-state index contributed by atoms with van der Waals surface area (Å²) in [4.78, 5) is 28.9. The monoisotopic (exact) mass is 329 g/mol. The minimum atomic E-state index is -0.233. The Morgan fingerprint density at radius 1 is 1.33 bits per heavy atom. The van der Waals surface area contributed by atoms with Gasteiger partial charge >= 0.3 is 0 Å². The fraction of sp³-hybridized carbons (Fsp3) is 0.500. The van der Waals surface area contributed by atoms with Crippen LogP contribution < -0.4 is 10.9 Å². The van der Waals surface area contributed by atoms with Crippen molar-refractivity contribution < 1.29 is 9.90 Å². The lowest BCUT2D eigenvalue weighted by atomic mass is 9.93. The van der Waals surface area contributed by atoms with Gasteiger partial charge in [-0.2, -0.15) is 0 Å². The normalized spacial score (nSPS) is 20.9. The zero-order chi connectivity index (χ0) is 17.1. The van der Waals surface area contributed by atoms with Crippen molar-refractivity contribution in [2.45, 2.75) is 57.7 Å². The van der Waals surface area contributed by atoms with Crippen molar-refractivity contribution in [2.24, 2.45) is 0 Å². The Bertz CT molecular complexity index is 792. The molecule has 3 rings (SSSR count). The smallest absolute Gasteiger partial charge is 0.261 e. The maximum Gasteiger partial charge on any atom is 0.261 e. The Hall–Kier alpha value is -2.21. The molecular weight excluding hydrogens is 306 g/mol.